The summed E-state index contributed by atoms with van der Waals surface area (Å²) in [5.41, 5.74) is 0.889. The van der Waals surface area contributed by atoms with Crippen molar-refractivity contribution in [2.75, 3.05) is 32.8 Å². The van der Waals surface area contributed by atoms with Crippen molar-refractivity contribution in [3.05, 3.63) is 27.9 Å². The van der Waals surface area contributed by atoms with Crippen LogP contribution >= 0.6 is 0 Å². The van der Waals surface area contributed by atoms with Crippen LogP contribution in [0.5, 0.6) is 0 Å². The van der Waals surface area contributed by atoms with Gasteiger partial charge in [-0.1, -0.05) is 6.42 Å². The van der Waals surface area contributed by atoms with E-state index >= 15 is 0 Å². The van der Waals surface area contributed by atoms with E-state index in [9.17, 15) is 9.59 Å². The van der Waals surface area contributed by atoms with Crippen LogP contribution < -0.4 is 10.9 Å². The molecule has 2 atom stereocenters. The first-order valence-electron chi connectivity index (χ1n) is 10.7. The number of piperidine rings is 1. The van der Waals surface area contributed by atoms with Gasteiger partial charge in [-0.05, 0) is 65.0 Å². The lowest BCUT2D eigenvalue weighted by Crippen LogP contribution is -2.43. The molecule has 3 rings (SSSR count). The van der Waals surface area contributed by atoms with Crippen LogP contribution in [0.15, 0.2) is 10.9 Å². The Hall–Kier alpha value is -1.73. The van der Waals surface area contributed by atoms with E-state index in [0.29, 0.717) is 24.3 Å². The highest BCUT2D eigenvalue weighted by Gasteiger charge is 2.27. The molecule has 1 aromatic rings. The van der Waals surface area contributed by atoms with Crippen molar-refractivity contribution in [3.63, 3.8) is 0 Å². The summed E-state index contributed by atoms with van der Waals surface area (Å²) in [5, 5.41) is 3.14. The maximum atomic E-state index is 11.9. The van der Waals surface area contributed by atoms with Gasteiger partial charge >= 0.3 is 0 Å². The zero-order chi connectivity index (χ0) is 19.9. The maximum Gasteiger partial charge on any atom is 0.251 e. The van der Waals surface area contributed by atoms with Gasteiger partial charge in [-0.15, -0.1) is 0 Å². The first-order valence-corrected chi connectivity index (χ1v) is 10.7. The maximum absolute atomic E-state index is 11.9. The minimum atomic E-state index is -0.0513. The summed E-state index contributed by atoms with van der Waals surface area (Å²) in [4.78, 5) is 33.4. The zero-order valence-corrected chi connectivity index (χ0v) is 17.2. The first kappa shape index (κ1) is 21.0. The number of nitrogens with zero attached hydrogens (tertiary/aromatic N) is 2. The van der Waals surface area contributed by atoms with Crippen molar-refractivity contribution in [1.82, 2.24) is 20.2 Å². The molecule has 0 bridgehead atoms. The van der Waals surface area contributed by atoms with Crippen LogP contribution in [0.3, 0.4) is 0 Å². The number of hydrogen-bond acceptors (Lipinski definition) is 5. The van der Waals surface area contributed by atoms with Gasteiger partial charge in [-0.25, -0.2) is 4.98 Å². The molecular weight excluding hydrogens is 356 g/mol. The summed E-state index contributed by atoms with van der Waals surface area (Å²) < 4.78 is 5.20. The van der Waals surface area contributed by atoms with E-state index in [1.807, 2.05) is 13.8 Å². The second-order valence-electron chi connectivity index (χ2n) is 8.26. The van der Waals surface area contributed by atoms with Crippen LogP contribution in [0.25, 0.3) is 0 Å². The summed E-state index contributed by atoms with van der Waals surface area (Å²) in [5.74, 6) is 1.73. The van der Waals surface area contributed by atoms with Gasteiger partial charge in [0.15, 0.2) is 0 Å². The molecule has 1 saturated heterocycles. The molecule has 1 amide bonds. The Morgan fingerprint density at radius 1 is 1.32 bits per heavy atom. The molecular formula is C21H34N4O3. The third kappa shape index (κ3) is 6.14. The summed E-state index contributed by atoms with van der Waals surface area (Å²) >= 11 is 0. The van der Waals surface area contributed by atoms with Gasteiger partial charge in [0.1, 0.15) is 12.4 Å². The number of likely N-dealkylation sites (tertiary alicyclic amines) is 1. The highest BCUT2D eigenvalue weighted by molar-refractivity contribution is 5.77. The quantitative estimate of drug-likeness (QED) is 0.743. The molecule has 2 heterocycles. The molecule has 0 aromatic carbocycles. The fourth-order valence-corrected chi connectivity index (χ4v) is 4.64. The van der Waals surface area contributed by atoms with Crippen LogP contribution in [-0.2, 0) is 9.53 Å². The van der Waals surface area contributed by atoms with Gasteiger partial charge in [-0.3, -0.25) is 9.59 Å². The van der Waals surface area contributed by atoms with Gasteiger partial charge in [0.25, 0.3) is 5.56 Å². The molecule has 1 aromatic heterocycles. The van der Waals surface area contributed by atoms with E-state index in [1.54, 1.807) is 6.07 Å². The average Bonchev–Trinajstić information content (AvgIpc) is 2.66. The Bertz CT molecular complexity index is 697. The molecule has 2 fully saturated rings. The molecule has 2 aliphatic rings. The van der Waals surface area contributed by atoms with Crippen LogP contribution in [0, 0.1) is 12.8 Å². The number of aryl methyl sites for hydroxylation is 1. The standard InChI is InChI=1S/C21H34N4O3/c1-3-28-14-21(27)24-18-6-4-5-16(11-18)13-25-9-7-17(8-10-25)19-12-20(26)23-15(2)22-19/h12,16-18H,3-11,13-14H2,1-2H3,(H,24,27)(H,22,23,26)/t16-,18-/m1/s1. The van der Waals surface area contributed by atoms with E-state index in [-0.39, 0.29) is 24.1 Å². The van der Waals surface area contributed by atoms with Gasteiger partial charge in [0.2, 0.25) is 5.91 Å². The molecule has 1 aliphatic heterocycles. The summed E-state index contributed by atoms with van der Waals surface area (Å²) in [6.07, 6.45) is 6.66. The van der Waals surface area contributed by atoms with E-state index in [2.05, 4.69) is 20.2 Å². The lowest BCUT2D eigenvalue weighted by molar-refractivity contribution is -0.126. The topological polar surface area (TPSA) is 87.3 Å². The number of nitrogens with one attached hydrogen (secondary N) is 2. The van der Waals surface area contributed by atoms with Crippen molar-refractivity contribution >= 4 is 5.91 Å². The van der Waals surface area contributed by atoms with Crippen molar-refractivity contribution in [1.29, 1.82) is 0 Å². The monoisotopic (exact) mass is 390 g/mol. The van der Waals surface area contributed by atoms with E-state index in [0.717, 1.165) is 51.0 Å². The number of rotatable bonds is 7. The normalized spacial score (nSPS) is 24.2. The molecule has 1 saturated carbocycles. The Balaban J connectivity index is 1.44. The molecule has 7 heteroatoms. The lowest BCUT2D eigenvalue weighted by Gasteiger charge is -2.37. The van der Waals surface area contributed by atoms with Crippen molar-refractivity contribution < 1.29 is 9.53 Å². The molecule has 2 N–H and O–H groups in total. The highest BCUT2D eigenvalue weighted by atomic mass is 16.5. The van der Waals surface area contributed by atoms with Crippen LogP contribution in [0.4, 0.5) is 0 Å². The number of aromatic nitrogens is 2. The van der Waals surface area contributed by atoms with Crippen LogP contribution in [-0.4, -0.2) is 59.7 Å². The number of carbonyl (C=O) groups is 1. The molecule has 0 unspecified atom stereocenters. The molecule has 1 aliphatic carbocycles. The summed E-state index contributed by atoms with van der Waals surface area (Å²) in [7, 11) is 0. The van der Waals surface area contributed by atoms with Crippen molar-refractivity contribution in [3.8, 4) is 0 Å². The van der Waals surface area contributed by atoms with E-state index in [1.165, 1.54) is 12.8 Å². The van der Waals surface area contributed by atoms with Gasteiger partial charge in [0, 0.05) is 31.2 Å². The van der Waals surface area contributed by atoms with Crippen LogP contribution in [0.1, 0.15) is 62.9 Å². The molecule has 28 heavy (non-hydrogen) atoms. The van der Waals surface area contributed by atoms with Crippen LogP contribution in [0.2, 0.25) is 0 Å². The highest BCUT2D eigenvalue weighted by Crippen LogP contribution is 2.29. The number of amides is 1. The predicted molar refractivity (Wildman–Crippen MR) is 108 cm³/mol. The van der Waals surface area contributed by atoms with Crippen molar-refractivity contribution in [2.24, 2.45) is 5.92 Å². The number of aromatic amines is 1. The molecule has 0 spiro atoms. The smallest absolute Gasteiger partial charge is 0.251 e. The Kier molecular flexibility index (Phi) is 7.62. The fourth-order valence-electron chi connectivity index (χ4n) is 4.64. The predicted octanol–water partition coefficient (Wildman–Crippen LogP) is 1.97. The molecule has 156 valence electrons. The van der Waals surface area contributed by atoms with E-state index in [4.69, 9.17) is 4.74 Å². The summed E-state index contributed by atoms with van der Waals surface area (Å²) in [6.45, 7) is 7.69. The largest absolute Gasteiger partial charge is 0.372 e. The Labute approximate surface area is 167 Å². The van der Waals surface area contributed by atoms with Crippen molar-refractivity contribution in [2.45, 2.75) is 64.3 Å². The Morgan fingerprint density at radius 2 is 2.11 bits per heavy atom. The third-order valence-electron chi connectivity index (χ3n) is 5.99. The number of H-pyrrole nitrogens is 1. The average molecular weight is 391 g/mol. The zero-order valence-electron chi connectivity index (χ0n) is 17.2. The van der Waals surface area contributed by atoms with Gasteiger partial charge in [0.05, 0.1) is 5.69 Å². The second kappa shape index (κ2) is 10.2. The van der Waals surface area contributed by atoms with Gasteiger partial charge < -0.3 is 19.9 Å². The number of carbonyl (C=O) groups excluding carboxylic acids is 1. The molecule has 0 radical (unpaired) electrons. The SMILES string of the molecule is CCOCC(=O)N[C@@H]1CCC[C@@H](CN2CCC(c3cc(=O)[nH]c(C)n3)CC2)C1. The summed E-state index contributed by atoms with van der Waals surface area (Å²) in [6, 6.07) is 1.94. The lowest BCUT2D eigenvalue weighted by atomic mass is 9.84. The Morgan fingerprint density at radius 3 is 2.82 bits per heavy atom. The minimum Gasteiger partial charge on any atom is -0.372 e. The second-order valence-corrected chi connectivity index (χ2v) is 8.26. The number of ether oxygens (including phenoxy) is 1. The minimum absolute atomic E-state index is 0.00829. The molecule has 7 nitrogen and oxygen atoms in total. The first-order chi connectivity index (χ1) is 13.5. The third-order valence-corrected chi connectivity index (χ3v) is 5.99. The fraction of sp³-hybridized carbons (Fsp3) is 0.762. The number of hydrogen-bond donors (Lipinski definition) is 2. The van der Waals surface area contributed by atoms with Gasteiger partial charge in [-0.2, -0.15) is 0 Å². The van der Waals surface area contributed by atoms with E-state index < -0.39 is 0 Å².